The molecule has 2 aliphatic heterocycles. The van der Waals surface area contributed by atoms with Gasteiger partial charge >= 0.3 is 5.97 Å². The summed E-state index contributed by atoms with van der Waals surface area (Å²) in [5, 5.41) is 9.17. The first-order valence-corrected chi connectivity index (χ1v) is 8.50. The maximum atomic E-state index is 12.8. The van der Waals surface area contributed by atoms with Crippen LogP contribution in [-0.2, 0) is 14.4 Å². The van der Waals surface area contributed by atoms with Crippen molar-refractivity contribution in [3.63, 3.8) is 0 Å². The van der Waals surface area contributed by atoms with Crippen LogP contribution in [0.3, 0.4) is 0 Å². The molecule has 0 aromatic carbocycles. The summed E-state index contributed by atoms with van der Waals surface area (Å²) < 4.78 is 0. The molecule has 2 fully saturated rings. The van der Waals surface area contributed by atoms with Gasteiger partial charge in [-0.3, -0.25) is 14.4 Å². The zero-order valence-electron chi connectivity index (χ0n) is 14.4. The third kappa shape index (κ3) is 4.45. The number of hydrogen-bond acceptors (Lipinski definition) is 3. The number of carboxylic acid groups (broad SMARTS) is 1. The lowest BCUT2D eigenvalue weighted by atomic mass is 9.91. The molecule has 0 aliphatic carbocycles. The second-order valence-corrected chi connectivity index (χ2v) is 7.94. The summed E-state index contributed by atoms with van der Waals surface area (Å²) in [6.07, 6.45) is 3.28. The lowest BCUT2D eigenvalue weighted by molar-refractivity contribution is -0.150. The predicted molar refractivity (Wildman–Crippen MR) is 85.7 cm³/mol. The van der Waals surface area contributed by atoms with E-state index in [1.54, 1.807) is 9.80 Å². The van der Waals surface area contributed by atoms with Crippen LogP contribution in [0.4, 0.5) is 0 Å². The zero-order valence-corrected chi connectivity index (χ0v) is 14.4. The van der Waals surface area contributed by atoms with Gasteiger partial charge in [0.2, 0.25) is 11.8 Å². The van der Waals surface area contributed by atoms with Crippen molar-refractivity contribution in [1.29, 1.82) is 0 Å². The first-order valence-electron chi connectivity index (χ1n) is 8.50. The molecule has 2 amide bonds. The van der Waals surface area contributed by atoms with Gasteiger partial charge in [0.25, 0.3) is 0 Å². The van der Waals surface area contributed by atoms with Crippen LogP contribution < -0.4 is 0 Å². The van der Waals surface area contributed by atoms with Gasteiger partial charge in [0.15, 0.2) is 0 Å². The Balaban J connectivity index is 2.02. The van der Waals surface area contributed by atoms with E-state index in [2.05, 4.69) is 0 Å². The van der Waals surface area contributed by atoms with Crippen LogP contribution in [0, 0.1) is 11.3 Å². The minimum absolute atomic E-state index is 0.0279. The van der Waals surface area contributed by atoms with Crippen molar-refractivity contribution in [2.24, 2.45) is 11.3 Å². The topological polar surface area (TPSA) is 77.9 Å². The first-order chi connectivity index (χ1) is 10.7. The number of nitrogens with zero attached hydrogens (tertiary/aromatic N) is 2. The Labute approximate surface area is 137 Å². The van der Waals surface area contributed by atoms with E-state index in [9.17, 15) is 14.4 Å². The number of aliphatic carboxylic acids is 1. The number of carbonyl (C=O) groups excluding carboxylic acids is 2. The van der Waals surface area contributed by atoms with Crippen molar-refractivity contribution in [2.45, 2.75) is 58.9 Å². The number of carboxylic acids is 1. The van der Waals surface area contributed by atoms with Crippen molar-refractivity contribution in [3.05, 3.63) is 0 Å². The minimum Gasteiger partial charge on any atom is -0.481 e. The summed E-state index contributed by atoms with van der Waals surface area (Å²) in [6.45, 7) is 7.54. The molecule has 0 aromatic rings. The highest BCUT2D eigenvalue weighted by Gasteiger charge is 2.39. The van der Waals surface area contributed by atoms with Crippen LogP contribution >= 0.6 is 0 Å². The first kappa shape index (κ1) is 17.8. The molecule has 0 radical (unpaired) electrons. The number of hydrogen-bond donors (Lipinski definition) is 1. The molecule has 6 heteroatoms. The molecule has 1 unspecified atom stereocenters. The maximum Gasteiger partial charge on any atom is 0.308 e. The van der Waals surface area contributed by atoms with E-state index in [-0.39, 0.29) is 23.8 Å². The van der Waals surface area contributed by atoms with E-state index in [0.717, 1.165) is 6.42 Å². The van der Waals surface area contributed by atoms with Crippen LogP contribution in [0.5, 0.6) is 0 Å². The van der Waals surface area contributed by atoms with Gasteiger partial charge in [-0.15, -0.1) is 0 Å². The minimum atomic E-state index is -0.838. The van der Waals surface area contributed by atoms with Crippen LogP contribution in [0.1, 0.15) is 52.9 Å². The fourth-order valence-electron chi connectivity index (χ4n) is 3.47. The summed E-state index contributed by atoms with van der Waals surface area (Å²) in [5.41, 5.74) is -0.104. The summed E-state index contributed by atoms with van der Waals surface area (Å²) in [4.78, 5) is 39.8. The van der Waals surface area contributed by atoms with Crippen LogP contribution in [0.15, 0.2) is 0 Å². The van der Waals surface area contributed by atoms with Crippen molar-refractivity contribution in [1.82, 2.24) is 9.80 Å². The van der Waals surface area contributed by atoms with E-state index < -0.39 is 17.9 Å². The average Bonchev–Trinajstić information content (AvgIpc) is 2.94. The molecule has 1 N–H and O–H groups in total. The molecule has 0 aromatic heterocycles. The van der Waals surface area contributed by atoms with E-state index in [1.807, 2.05) is 20.8 Å². The molecule has 0 bridgehead atoms. The second kappa shape index (κ2) is 6.89. The third-order valence-electron chi connectivity index (χ3n) is 4.62. The van der Waals surface area contributed by atoms with E-state index in [4.69, 9.17) is 5.11 Å². The highest BCUT2D eigenvalue weighted by atomic mass is 16.4. The predicted octanol–water partition coefficient (Wildman–Crippen LogP) is 1.74. The Morgan fingerprint density at radius 2 is 1.74 bits per heavy atom. The fraction of sp³-hybridized carbons (Fsp3) is 0.824. The number of piperidine rings is 1. The Morgan fingerprint density at radius 3 is 2.35 bits per heavy atom. The molecular formula is C17H28N2O4. The summed E-state index contributed by atoms with van der Waals surface area (Å²) in [7, 11) is 0. The van der Waals surface area contributed by atoms with Gasteiger partial charge in [0, 0.05) is 26.1 Å². The molecule has 2 atom stereocenters. The van der Waals surface area contributed by atoms with Crippen LogP contribution in [-0.4, -0.2) is 58.4 Å². The van der Waals surface area contributed by atoms with Gasteiger partial charge < -0.3 is 14.9 Å². The molecule has 2 heterocycles. The van der Waals surface area contributed by atoms with Crippen molar-refractivity contribution < 1.29 is 19.5 Å². The average molecular weight is 324 g/mol. The van der Waals surface area contributed by atoms with Crippen molar-refractivity contribution in [3.8, 4) is 0 Å². The zero-order chi connectivity index (χ0) is 17.2. The number of rotatable bonds is 3. The second-order valence-electron chi connectivity index (χ2n) is 7.94. The Kier molecular flexibility index (Phi) is 5.32. The fourth-order valence-corrected chi connectivity index (χ4v) is 3.47. The SMILES string of the molecule is CC(C)(C)CC(=O)N1CCCC1C(=O)N1CCC[C@H](C(=O)O)C1. The summed E-state index contributed by atoms with van der Waals surface area (Å²) in [5.74, 6) is -1.36. The Bertz CT molecular complexity index is 483. The quantitative estimate of drug-likeness (QED) is 0.858. The summed E-state index contributed by atoms with van der Waals surface area (Å²) in [6, 6.07) is -0.405. The monoisotopic (exact) mass is 324 g/mol. The van der Waals surface area contributed by atoms with Crippen molar-refractivity contribution >= 4 is 17.8 Å². The van der Waals surface area contributed by atoms with Gasteiger partial charge in [0.05, 0.1) is 5.92 Å². The molecule has 0 spiro atoms. The molecule has 0 saturated carbocycles. The Hall–Kier alpha value is -1.59. The number of amides is 2. The largest absolute Gasteiger partial charge is 0.481 e. The normalized spacial score (nSPS) is 25.5. The molecule has 6 nitrogen and oxygen atoms in total. The molecule has 2 saturated heterocycles. The molecule has 130 valence electrons. The number of likely N-dealkylation sites (tertiary alicyclic amines) is 2. The number of carbonyl (C=O) groups is 3. The Morgan fingerprint density at radius 1 is 1.09 bits per heavy atom. The molecule has 23 heavy (non-hydrogen) atoms. The van der Waals surface area contributed by atoms with E-state index in [0.29, 0.717) is 38.8 Å². The lowest BCUT2D eigenvalue weighted by Gasteiger charge is -2.35. The van der Waals surface area contributed by atoms with Crippen LogP contribution in [0.25, 0.3) is 0 Å². The van der Waals surface area contributed by atoms with E-state index in [1.165, 1.54) is 0 Å². The van der Waals surface area contributed by atoms with E-state index >= 15 is 0 Å². The van der Waals surface area contributed by atoms with Gasteiger partial charge in [-0.25, -0.2) is 0 Å². The molecular weight excluding hydrogens is 296 g/mol. The van der Waals surface area contributed by atoms with Gasteiger partial charge in [-0.2, -0.15) is 0 Å². The lowest BCUT2D eigenvalue weighted by Crippen LogP contribution is -2.51. The molecule has 2 rings (SSSR count). The smallest absolute Gasteiger partial charge is 0.308 e. The van der Waals surface area contributed by atoms with Crippen LogP contribution in [0.2, 0.25) is 0 Å². The maximum absolute atomic E-state index is 12.8. The molecule has 2 aliphatic rings. The van der Waals surface area contributed by atoms with Gasteiger partial charge in [0.1, 0.15) is 6.04 Å². The van der Waals surface area contributed by atoms with Crippen molar-refractivity contribution in [2.75, 3.05) is 19.6 Å². The highest BCUT2D eigenvalue weighted by molar-refractivity contribution is 5.89. The van der Waals surface area contributed by atoms with Gasteiger partial charge in [-0.1, -0.05) is 20.8 Å². The van der Waals surface area contributed by atoms with Gasteiger partial charge in [-0.05, 0) is 31.1 Å². The third-order valence-corrected chi connectivity index (χ3v) is 4.62. The summed E-state index contributed by atoms with van der Waals surface area (Å²) >= 11 is 0. The standard InChI is InChI=1S/C17H28N2O4/c1-17(2,3)10-14(20)19-9-5-7-13(19)15(21)18-8-4-6-12(11-18)16(22)23/h12-13H,4-11H2,1-3H3,(H,22,23)/t12-,13?/m0/s1. The highest BCUT2D eigenvalue weighted by Crippen LogP contribution is 2.27.